The normalized spacial score (nSPS) is 11.9. The van der Waals surface area contributed by atoms with Crippen LogP contribution in [-0.2, 0) is 26.5 Å². The Hall–Kier alpha value is -2.68. The Bertz CT molecular complexity index is 1180. The molecule has 28 heavy (non-hydrogen) atoms. The molecule has 0 unspecified atom stereocenters. The van der Waals surface area contributed by atoms with Crippen molar-refractivity contribution < 1.29 is 16.8 Å². The first-order valence-electron chi connectivity index (χ1n) is 8.50. The van der Waals surface area contributed by atoms with Gasteiger partial charge < -0.3 is 0 Å². The van der Waals surface area contributed by atoms with E-state index in [2.05, 4.69) is 9.44 Å². The van der Waals surface area contributed by atoms with Crippen LogP contribution in [-0.4, -0.2) is 23.9 Å². The monoisotopic (exact) mass is 416 g/mol. The van der Waals surface area contributed by atoms with Crippen LogP contribution in [0.15, 0.2) is 88.7 Å². The molecule has 0 saturated heterocycles. The van der Waals surface area contributed by atoms with Gasteiger partial charge >= 0.3 is 0 Å². The SMILES string of the molecule is CNS(=O)(=O)c1cccc(S(=O)(=O)Nc2ccccc2Cc2ccccc2)c1. The van der Waals surface area contributed by atoms with Gasteiger partial charge in [0.05, 0.1) is 15.5 Å². The Morgan fingerprint density at radius 3 is 2.00 bits per heavy atom. The van der Waals surface area contributed by atoms with Crippen molar-refractivity contribution in [3.8, 4) is 0 Å². The fourth-order valence-electron chi connectivity index (χ4n) is 2.72. The summed E-state index contributed by atoms with van der Waals surface area (Å²) >= 11 is 0. The lowest BCUT2D eigenvalue weighted by atomic mass is 10.0. The molecule has 0 fully saturated rings. The second-order valence-corrected chi connectivity index (χ2v) is 9.68. The first-order chi connectivity index (χ1) is 13.3. The van der Waals surface area contributed by atoms with Gasteiger partial charge in [-0.05, 0) is 48.9 Å². The number of sulfonamides is 2. The molecule has 0 bridgehead atoms. The zero-order valence-corrected chi connectivity index (χ0v) is 16.8. The predicted molar refractivity (Wildman–Crippen MR) is 109 cm³/mol. The van der Waals surface area contributed by atoms with E-state index in [4.69, 9.17) is 0 Å². The molecule has 146 valence electrons. The van der Waals surface area contributed by atoms with Gasteiger partial charge in [-0.15, -0.1) is 0 Å². The zero-order chi connectivity index (χ0) is 20.2. The molecule has 0 spiro atoms. The van der Waals surface area contributed by atoms with Crippen LogP contribution in [0.3, 0.4) is 0 Å². The van der Waals surface area contributed by atoms with E-state index >= 15 is 0 Å². The maximum atomic E-state index is 12.8. The summed E-state index contributed by atoms with van der Waals surface area (Å²) < 4.78 is 54.4. The molecule has 0 aliphatic rings. The van der Waals surface area contributed by atoms with Crippen LogP contribution in [0.4, 0.5) is 5.69 Å². The highest BCUT2D eigenvalue weighted by Crippen LogP contribution is 2.23. The molecule has 3 aromatic rings. The first-order valence-corrected chi connectivity index (χ1v) is 11.5. The number of hydrogen-bond acceptors (Lipinski definition) is 4. The molecule has 0 aromatic heterocycles. The van der Waals surface area contributed by atoms with Crippen molar-refractivity contribution in [3.63, 3.8) is 0 Å². The summed E-state index contributed by atoms with van der Waals surface area (Å²) in [5.41, 5.74) is 2.32. The Labute approximate surface area is 165 Å². The summed E-state index contributed by atoms with van der Waals surface area (Å²) in [6.07, 6.45) is 0.563. The largest absolute Gasteiger partial charge is 0.279 e. The van der Waals surface area contributed by atoms with E-state index in [0.29, 0.717) is 12.1 Å². The van der Waals surface area contributed by atoms with Crippen LogP contribution in [0.25, 0.3) is 0 Å². The smallest absolute Gasteiger partial charge is 0.261 e. The lowest BCUT2D eigenvalue weighted by Crippen LogP contribution is -2.20. The van der Waals surface area contributed by atoms with E-state index in [9.17, 15) is 16.8 Å². The summed E-state index contributed by atoms with van der Waals surface area (Å²) in [7, 11) is -6.43. The van der Waals surface area contributed by atoms with Gasteiger partial charge in [0.15, 0.2) is 0 Å². The fraction of sp³-hybridized carbons (Fsp3) is 0.100. The van der Waals surface area contributed by atoms with Gasteiger partial charge in [-0.3, -0.25) is 4.72 Å². The Balaban J connectivity index is 1.93. The fourth-order valence-corrected chi connectivity index (χ4v) is 4.72. The van der Waals surface area contributed by atoms with E-state index in [-0.39, 0.29) is 9.79 Å². The zero-order valence-electron chi connectivity index (χ0n) is 15.2. The van der Waals surface area contributed by atoms with Gasteiger partial charge in [0.1, 0.15) is 0 Å². The van der Waals surface area contributed by atoms with Crippen molar-refractivity contribution >= 4 is 25.7 Å². The summed E-state index contributed by atoms with van der Waals surface area (Å²) in [6.45, 7) is 0. The molecule has 0 amide bonds. The lowest BCUT2D eigenvalue weighted by molar-refractivity contribution is 0.588. The van der Waals surface area contributed by atoms with Crippen molar-refractivity contribution in [2.45, 2.75) is 16.2 Å². The summed E-state index contributed by atoms with van der Waals surface area (Å²) in [4.78, 5) is -0.242. The second kappa shape index (κ2) is 8.14. The molecule has 0 saturated carbocycles. The molecule has 0 heterocycles. The van der Waals surface area contributed by atoms with Crippen molar-refractivity contribution in [2.75, 3.05) is 11.8 Å². The molecule has 0 aliphatic carbocycles. The minimum absolute atomic E-state index is 0.115. The first kappa shape index (κ1) is 20.1. The Morgan fingerprint density at radius 1 is 0.714 bits per heavy atom. The molecule has 0 atom stereocenters. The Kier molecular flexibility index (Phi) is 5.83. The summed E-state index contributed by atoms with van der Waals surface area (Å²) in [5, 5.41) is 0. The predicted octanol–water partition coefficient (Wildman–Crippen LogP) is 2.99. The maximum absolute atomic E-state index is 12.8. The van der Waals surface area contributed by atoms with Crippen LogP contribution in [0.2, 0.25) is 0 Å². The van der Waals surface area contributed by atoms with E-state index in [1.165, 1.54) is 25.2 Å². The highest BCUT2D eigenvalue weighted by molar-refractivity contribution is 7.93. The molecule has 0 aliphatic heterocycles. The number of anilines is 1. The molecular weight excluding hydrogens is 396 g/mol. The highest BCUT2D eigenvalue weighted by Gasteiger charge is 2.19. The topological polar surface area (TPSA) is 92.3 Å². The van der Waals surface area contributed by atoms with Crippen LogP contribution in [0.5, 0.6) is 0 Å². The van der Waals surface area contributed by atoms with Gasteiger partial charge in [-0.2, -0.15) is 0 Å². The number of benzene rings is 3. The van der Waals surface area contributed by atoms with Crippen LogP contribution < -0.4 is 9.44 Å². The molecule has 2 N–H and O–H groups in total. The summed E-state index contributed by atoms with van der Waals surface area (Å²) in [6, 6.07) is 22.1. The maximum Gasteiger partial charge on any atom is 0.261 e. The van der Waals surface area contributed by atoms with Crippen LogP contribution in [0.1, 0.15) is 11.1 Å². The highest BCUT2D eigenvalue weighted by atomic mass is 32.2. The van der Waals surface area contributed by atoms with Gasteiger partial charge in [-0.1, -0.05) is 54.6 Å². The average molecular weight is 417 g/mol. The second-order valence-electron chi connectivity index (χ2n) is 6.11. The van der Waals surface area contributed by atoms with Gasteiger partial charge in [-0.25, -0.2) is 21.6 Å². The number of para-hydroxylation sites is 1. The van der Waals surface area contributed by atoms with E-state index in [1.807, 2.05) is 42.5 Å². The number of hydrogen-bond donors (Lipinski definition) is 2. The summed E-state index contributed by atoms with van der Waals surface area (Å²) in [5.74, 6) is 0. The average Bonchev–Trinajstić information content (AvgIpc) is 2.70. The third-order valence-electron chi connectivity index (χ3n) is 4.19. The van der Waals surface area contributed by atoms with Crippen molar-refractivity contribution in [3.05, 3.63) is 90.0 Å². The lowest BCUT2D eigenvalue weighted by Gasteiger charge is -2.13. The van der Waals surface area contributed by atoms with E-state index in [0.717, 1.165) is 17.2 Å². The van der Waals surface area contributed by atoms with Gasteiger partial charge in [0.2, 0.25) is 10.0 Å². The molecular formula is C20H20N2O4S2. The van der Waals surface area contributed by atoms with E-state index in [1.54, 1.807) is 12.1 Å². The molecule has 6 nitrogen and oxygen atoms in total. The van der Waals surface area contributed by atoms with Crippen molar-refractivity contribution in [2.24, 2.45) is 0 Å². The quantitative estimate of drug-likeness (QED) is 0.619. The van der Waals surface area contributed by atoms with Gasteiger partial charge in [0, 0.05) is 0 Å². The van der Waals surface area contributed by atoms with Crippen LogP contribution in [0, 0.1) is 0 Å². The standard InChI is InChI=1S/C20H20N2O4S2/c1-21-27(23,24)18-11-7-12-19(15-18)28(25,26)22-20-13-6-5-10-17(20)14-16-8-3-2-4-9-16/h2-13,15,21-22H,14H2,1H3. The minimum Gasteiger partial charge on any atom is -0.279 e. The molecule has 8 heteroatoms. The number of rotatable bonds is 7. The van der Waals surface area contributed by atoms with Crippen molar-refractivity contribution in [1.29, 1.82) is 0 Å². The third-order valence-corrected chi connectivity index (χ3v) is 6.97. The molecule has 0 radical (unpaired) electrons. The van der Waals surface area contributed by atoms with Crippen LogP contribution >= 0.6 is 0 Å². The van der Waals surface area contributed by atoms with E-state index < -0.39 is 20.0 Å². The number of nitrogens with one attached hydrogen (secondary N) is 2. The minimum atomic E-state index is -3.96. The third kappa shape index (κ3) is 4.59. The van der Waals surface area contributed by atoms with Gasteiger partial charge in [0.25, 0.3) is 10.0 Å². The Morgan fingerprint density at radius 2 is 1.32 bits per heavy atom. The molecule has 3 aromatic carbocycles. The molecule has 3 rings (SSSR count). The van der Waals surface area contributed by atoms with Crippen molar-refractivity contribution in [1.82, 2.24) is 4.72 Å².